The Hall–Kier alpha value is -3.81. The zero-order valence-corrected chi connectivity index (χ0v) is 24.2. The molecule has 3 aromatic carbocycles. The summed E-state index contributed by atoms with van der Waals surface area (Å²) in [5.41, 5.74) is 1.20. The highest BCUT2D eigenvalue weighted by Gasteiger charge is 2.31. The van der Waals surface area contributed by atoms with Gasteiger partial charge in [0.1, 0.15) is 23.5 Å². The van der Waals surface area contributed by atoms with Crippen molar-refractivity contribution >= 4 is 51.1 Å². The average Bonchev–Trinajstić information content (AvgIpc) is 3.41. The molecule has 0 spiro atoms. The van der Waals surface area contributed by atoms with E-state index >= 15 is 0 Å². The van der Waals surface area contributed by atoms with Crippen LogP contribution in [0.1, 0.15) is 25.6 Å². The van der Waals surface area contributed by atoms with Gasteiger partial charge in [-0.2, -0.15) is 0 Å². The molecule has 0 bridgehead atoms. The molecule has 1 atom stereocenters. The lowest BCUT2D eigenvalue weighted by molar-refractivity contribution is 0.0949. The number of hydrogen-bond donors (Lipinski definition) is 4. The van der Waals surface area contributed by atoms with E-state index in [1.54, 1.807) is 37.5 Å². The Morgan fingerprint density at radius 1 is 1.10 bits per heavy atom. The maximum Gasteiger partial charge on any atom is 0.257 e. The third kappa shape index (κ3) is 6.58. The van der Waals surface area contributed by atoms with Crippen LogP contribution in [0, 0.1) is 0 Å². The van der Waals surface area contributed by atoms with Crippen LogP contribution in [0.2, 0.25) is 0 Å². The summed E-state index contributed by atoms with van der Waals surface area (Å²) in [5, 5.41) is 18.9. The smallest absolute Gasteiger partial charge is 0.257 e. The van der Waals surface area contributed by atoms with Crippen molar-refractivity contribution in [2.45, 2.75) is 22.4 Å². The van der Waals surface area contributed by atoms with E-state index in [0.717, 1.165) is 15.4 Å². The fourth-order valence-corrected chi connectivity index (χ4v) is 6.62. The van der Waals surface area contributed by atoms with Gasteiger partial charge in [-0.1, -0.05) is 12.1 Å². The van der Waals surface area contributed by atoms with E-state index in [4.69, 9.17) is 4.74 Å². The lowest BCUT2D eigenvalue weighted by Crippen LogP contribution is -2.29. The second kappa shape index (κ2) is 12.8. The highest BCUT2D eigenvalue weighted by Crippen LogP contribution is 2.34. The van der Waals surface area contributed by atoms with Gasteiger partial charge in [0.25, 0.3) is 11.8 Å². The normalized spacial score (nSPS) is 14.0. The van der Waals surface area contributed by atoms with Crippen molar-refractivity contribution in [3.05, 3.63) is 88.9 Å². The molecular weight excluding hydrogens is 588 g/mol. The number of rotatable bonds is 9. The number of anilines is 1. The molecule has 2 amide bonds. The quantitative estimate of drug-likeness (QED) is 0.224. The fourth-order valence-electron chi connectivity index (χ4n) is 4.17. The van der Waals surface area contributed by atoms with Gasteiger partial charge >= 0.3 is 0 Å². The van der Waals surface area contributed by atoms with Crippen LogP contribution in [0.25, 0.3) is 10.6 Å². The molecule has 0 aliphatic carbocycles. The van der Waals surface area contributed by atoms with E-state index in [1.165, 1.54) is 41.7 Å². The van der Waals surface area contributed by atoms with Gasteiger partial charge in [0.15, 0.2) is 0 Å². The summed E-state index contributed by atoms with van der Waals surface area (Å²) in [7, 11) is -2.19. The Morgan fingerprint density at radius 2 is 1.85 bits per heavy atom. The summed E-state index contributed by atoms with van der Waals surface area (Å²) < 4.78 is 31.9. The Kier molecular flexibility index (Phi) is 9.41. The molecule has 41 heavy (non-hydrogen) atoms. The minimum Gasteiger partial charge on any atom is -0.491 e. The topological polar surface area (TPSA) is 147 Å². The molecule has 0 saturated heterocycles. The van der Waals surface area contributed by atoms with Crippen LogP contribution in [-0.2, 0) is 16.4 Å². The highest BCUT2D eigenvalue weighted by atomic mass is 35.5. The minimum atomic E-state index is -3.95. The van der Waals surface area contributed by atoms with Crippen LogP contribution in [0.15, 0.2) is 82.7 Å². The van der Waals surface area contributed by atoms with Gasteiger partial charge in [-0.05, 0) is 61.6 Å². The Morgan fingerprint density at radius 3 is 2.61 bits per heavy atom. The van der Waals surface area contributed by atoms with Crippen molar-refractivity contribution in [1.29, 1.82) is 0 Å². The molecule has 1 unspecified atom stereocenters. The predicted molar refractivity (Wildman–Crippen MR) is 158 cm³/mol. The summed E-state index contributed by atoms with van der Waals surface area (Å²) in [6.07, 6.45) is 1.08. The maximum atomic E-state index is 13.2. The van der Waals surface area contributed by atoms with E-state index in [-0.39, 0.29) is 52.2 Å². The fraction of sp³-hybridized carbons (Fsp3) is 0.179. The Labute approximate surface area is 247 Å². The number of likely N-dealkylation sites (N-methyl/N-ethyl adjacent to an activating group) is 1. The van der Waals surface area contributed by atoms with Crippen LogP contribution >= 0.6 is 23.7 Å². The summed E-state index contributed by atoms with van der Waals surface area (Å²) in [6.45, 7) is 0.839. The second-order valence-electron chi connectivity index (χ2n) is 9.03. The molecule has 0 radical (unpaired) electrons. The van der Waals surface area contributed by atoms with Crippen LogP contribution < -0.4 is 20.7 Å². The molecule has 4 N–H and O–H groups in total. The molecule has 0 saturated carbocycles. The number of carbonyl (C=O) groups is 2. The number of carbonyl (C=O) groups excluding carboxylic acids is 2. The monoisotopic (exact) mass is 614 g/mol. The average molecular weight is 615 g/mol. The predicted octanol–water partition coefficient (Wildman–Crippen LogP) is 3.52. The lowest BCUT2D eigenvalue weighted by Gasteiger charge is -2.11. The molecule has 10 nitrogen and oxygen atoms in total. The number of sulfone groups is 1. The number of aromatic nitrogens is 1. The molecule has 1 aliphatic heterocycles. The number of thiazole rings is 1. The number of amides is 2. The highest BCUT2D eigenvalue weighted by molar-refractivity contribution is 7.91. The second-order valence-corrected chi connectivity index (χ2v) is 12.0. The van der Waals surface area contributed by atoms with Crippen LogP contribution in [-0.4, -0.2) is 56.6 Å². The molecular formula is C28H27ClN4O6S2. The zero-order chi connectivity index (χ0) is 28.3. The Balaban J connectivity index is 0.00000387. The molecule has 13 heteroatoms. The van der Waals surface area contributed by atoms with Gasteiger partial charge in [-0.25, -0.2) is 13.4 Å². The SMILES string of the molecule is CNCC(O)COc1ccc(-c2ncc(CNC(=O)c3ccc4c(c3)NC(=O)c3ccccc3S4(=O)=O)s2)cc1.Cl. The summed E-state index contributed by atoms with van der Waals surface area (Å²) in [6, 6.07) is 17.5. The largest absolute Gasteiger partial charge is 0.491 e. The number of hydrogen-bond acceptors (Lipinski definition) is 9. The van der Waals surface area contributed by atoms with Gasteiger partial charge in [-0.15, -0.1) is 23.7 Å². The van der Waals surface area contributed by atoms with Crippen molar-refractivity contribution in [2.75, 3.05) is 25.5 Å². The summed E-state index contributed by atoms with van der Waals surface area (Å²) in [4.78, 5) is 30.7. The number of aliphatic hydroxyl groups excluding tert-OH is 1. The first-order valence-electron chi connectivity index (χ1n) is 12.3. The van der Waals surface area contributed by atoms with Gasteiger partial charge in [0, 0.05) is 28.7 Å². The van der Waals surface area contributed by atoms with Crippen LogP contribution in [0.3, 0.4) is 0 Å². The number of nitrogens with zero attached hydrogens (tertiary/aromatic N) is 1. The van der Waals surface area contributed by atoms with Crippen molar-refractivity contribution in [2.24, 2.45) is 0 Å². The maximum absolute atomic E-state index is 13.2. The molecule has 4 aromatic rings. The number of benzene rings is 3. The summed E-state index contributed by atoms with van der Waals surface area (Å²) >= 11 is 1.42. The molecule has 1 aliphatic rings. The van der Waals surface area contributed by atoms with Crippen molar-refractivity contribution < 1.29 is 27.9 Å². The van der Waals surface area contributed by atoms with Crippen molar-refractivity contribution in [1.82, 2.24) is 15.6 Å². The third-order valence-electron chi connectivity index (χ3n) is 6.16. The van der Waals surface area contributed by atoms with E-state index < -0.39 is 27.8 Å². The summed E-state index contributed by atoms with van der Waals surface area (Å²) in [5.74, 6) is -0.344. The van der Waals surface area contributed by atoms with Gasteiger partial charge in [0.2, 0.25) is 9.84 Å². The van der Waals surface area contributed by atoms with E-state index in [0.29, 0.717) is 12.3 Å². The number of nitrogens with one attached hydrogen (secondary N) is 3. The standard InChI is InChI=1S/C28H26N4O6S2.ClH/c1-29-13-19(33)16-38-20-9-6-17(7-10-20)28-31-15-21(39-28)14-30-26(34)18-8-11-25-23(12-18)32-27(35)22-4-2-3-5-24(22)40(25,36)37;/h2-12,15,19,29,33H,13-14,16H2,1H3,(H,30,34)(H,32,35);1H. The lowest BCUT2D eigenvalue weighted by atomic mass is 10.1. The molecule has 2 heterocycles. The molecule has 0 fully saturated rings. The van der Waals surface area contributed by atoms with Crippen molar-refractivity contribution in [3.8, 4) is 16.3 Å². The minimum absolute atomic E-state index is 0. The van der Waals surface area contributed by atoms with E-state index in [9.17, 15) is 23.1 Å². The molecule has 5 rings (SSSR count). The first kappa shape index (κ1) is 30.2. The van der Waals surface area contributed by atoms with Crippen LogP contribution in [0.4, 0.5) is 5.69 Å². The van der Waals surface area contributed by atoms with E-state index in [1.807, 2.05) is 12.1 Å². The van der Waals surface area contributed by atoms with Crippen molar-refractivity contribution in [3.63, 3.8) is 0 Å². The van der Waals surface area contributed by atoms with Crippen LogP contribution in [0.5, 0.6) is 5.75 Å². The third-order valence-corrected chi connectivity index (χ3v) is 9.08. The number of halogens is 1. The number of aliphatic hydroxyl groups is 1. The molecule has 1 aromatic heterocycles. The van der Waals surface area contributed by atoms with E-state index in [2.05, 4.69) is 20.9 Å². The first-order chi connectivity index (χ1) is 19.3. The Bertz CT molecular complexity index is 1680. The van der Waals surface area contributed by atoms with Gasteiger partial charge < -0.3 is 25.8 Å². The molecule has 214 valence electrons. The zero-order valence-electron chi connectivity index (χ0n) is 21.8. The number of ether oxygens (including phenoxy) is 1. The first-order valence-corrected chi connectivity index (χ1v) is 14.6. The van der Waals surface area contributed by atoms with Gasteiger partial charge in [0.05, 0.1) is 27.6 Å². The number of fused-ring (bicyclic) bond motifs is 2. The van der Waals surface area contributed by atoms with Gasteiger partial charge in [-0.3, -0.25) is 9.59 Å².